The van der Waals surface area contributed by atoms with Gasteiger partial charge in [-0.25, -0.2) is 0 Å². The van der Waals surface area contributed by atoms with E-state index in [1.807, 2.05) is 0 Å². The van der Waals surface area contributed by atoms with E-state index in [4.69, 9.17) is 0 Å². The van der Waals surface area contributed by atoms with Crippen molar-refractivity contribution in [3.8, 4) is 0 Å². The van der Waals surface area contributed by atoms with Crippen LogP contribution in [-0.2, 0) is 4.79 Å². The van der Waals surface area contributed by atoms with Gasteiger partial charge in [0.25, 0.3) is 0 Å². The monoisotopic (exact) mass is 778 g/mol. The van der Waals surface area contributed by atoms with Crippen LogP contribution in [0.1, 0.15) is 251 Å². The number of amides is 1. The lowest BCUT2D eigenvalue weighted by Gasteiger charge is -2.27. The summed E-state index contributed by atoms with van der Waals surface area (Å²) in [6.07, 6.45) is 50.9. The molecule has 0 heterocycles. The highest BCUT2D eigenvalue weighted by molar-refractivity contribution is 5.80. The number of allylic oxidation sites excluding steroid dienone is 4. The minimum atomic E-state index is -1.29. The molecule has 4 atom stereocenters. The molecule has 0 bridgehead atoms. The SMILES string of the molecule is CCCCCC/C=C/CC/C=C/CCCC(O)C(O)C(CO)NC(=O)C(O)CCCCCCCCCCCCCCCCCCCCCCCCCCCC. The first kappa shape index (κ1) is 53.8. The Kier molecular flexibility index (Phi) is 42.9. The predicted molar refractivity (Wildman–Crippen MR) is 237 cm³/mol. The van der Waals surface area contributed by atoms with Gasteiger partial charge in [0, 0.05) is 0 Å². The number of carbonyl (C=O) groups is 1. The fourth-order valence-electron chi connectivity index (χ4n) is 7.54. The number of rotatable bonds is 44. The van der Waals surface area contributed by atoms with E-state index in [1.54, 1.807) is 0 Å². The second-order valence-corrected chi connectivity index (χ2v) is 16.8. The molecule has 6 nitrogen and oxygen atoms in total. The average Bonchev–Trinajstić information content (AvgIpc) is 3.19. The number of hydrogen-bond acceptors (Lipinski definition) is 5. The molecular formula is C49H95NO5. The Hall–Kier alpha value is -1.21. The van der Waals surface area contributed by atoms with Crippen LogP contribution in [-0.4, -0.2) is 57.3 Å². The van der Waals surface area contributed by atoms with E-state index in [0.29, 0.717) is 19.3 Å². The summed E-state index contributed by atoms with van der Waals surface area (Å²) in [5.41, 5.74) is 0. The zero-order valence-corrected chi connectivity index (χ0v) is 36.7. The van der Waals surface area contributed by atoms with E-state index in [0.717, 1.165) is 44.9 Å². The highest BCUT2D eigenvalue weighted by Gasteiger charge is 2.28. The highest BCUT2D eigenvalue weighted by Crippen LogP contribution is 2.17. The molecule has 0 saturated heterocycles. The molecule has 0 aliphatic heterocycles. The first-order valence-electron chi connectivity index (χ1n) is 24.2. The van der Waals surface area contributed by atoms with Crippen LogP contribution in [0.4, 0.5) is 0 Å². The van der Waals surface area contributed by atoms with Gasteiger partial charge in [-0.2, -0.15) is 0 Å². The van der Waals surface area contributed by atoms with Gasteiger partial charge in [0.15, 0.2) is 0 Å². The molecule has 4 unspecified atom stereocenters. The number of hydrogen-bond donors (Lipinski definition) is 5. The third-order valence-electron chi connectivity index (χ3n) is 11.4. The maximum atomic E-state index is 12.5. The summed E-state index contributed by atoms with van der Waals surface area (Å²) in [6, 6.07) is -1.00. The Labute approximate surface area is 342 Å². The molecule has 5 N–H and O–H groups in total. The quantitative estimate of drug-likeness (QED) is 0.0313. The lowest BCUT2D eigenvalue weighted by atomic mass is 10.00. The van der Waals surface area contributed by atoms with Gasteiger partial charge in [-0.05, 0) is 51.4 Å². The van der Waals surface area contributed by atoms with Crippen LogP contribution in [0, 0.1) is 0 Å². The predicted octanol–water partition coefficient (Wildman–Crippen LogP) is 13.1. The van der Waals surface area contributed by atoms with Crippen molar-refractivity contribution in [2.45, 2.75) is 276 Å². The van der Waals surface area contributed by atoms with Crippen molar-refractivity contribution in [1.29, 1.82) is 0 Å². The van der Waals surface area contributed by atoms with Gasteiger partial charge >= 0.3 is 0 Å². The lowest BCUT2D eigenvalue weighted by Crippen LogP contribution is -2.53. The molecule has 6 heteroatoms. The second kappa shape index (κ2) is 43.9. The van der Waals surface area contributed by atoms with Crippen molar-refractivity contribution >= 4 is 5.91 Å². The number of nitrogens with one attached hydrogen (secondary N) is 1. The molecule has 326 valence electrons. The van der Waals surface area contributed by atoms with Gasteiger partial charge in [0.2, 0.25) is 5.91 Å². The Balaban J connectivity index is 3.64. The van der Waals surface area contributed by atoms with Crippen molar-refractivity contribution in [2.75, 3.05) is 6.61 Å². The van der Waals surface area contributed by atoms with Crippen LogP contribution in [0.5, 0.6) is 0 Å². The van der Waals surface area contributed by atoms with Crippen LogP contribution in [0.3, 0.4) is 0 Å². The summed E-state index contributed by atoms with van der Waals surface area (Å²) < 4.78 is 0. The van der Waals surface area contributed by atoms with Crippen LogP contribution in [0.2, 0.25) is 0 Å². The molecule has 0 aromatic rings. The summed E-state index contributed by atoms with van der Waals surface area (Å²) in [6.45, 7) is 4.02. The van der Waals surface area contributed by atoms with Crippen molar-refractivity contribution in [3.63, 3.8) is 0 Å². The molecular weight excluding hydrogens is 683 g/mol. The summed E-state index contributed by atoms with van der Waals surface area (Å²) in [7, 11) is 0. The van der Waals surface area contributed by atoms with Crippen molar-refractivity contribution in [2.24, 2.45) is 0 Å². The van der Waals surface area contributed by atoms with E-state index in [1.165, 1.54) is 173 Å². The molecule has 0 rings (SSSR count). The molecule has 0 radical (unpaired) electrons. The van der Waals surface area contributed by atoms with Crippen molar-refractivity contribution in [1.82, 2.24) is 5.32 Å². The van der Waals surface area contributed by atoms with Gasteiger partial charge < -0.3 is 25.7 Å². The Bertz CT molecular complexity index is 832. The number of aliphatic hydroxyl groups excluding tert-OH is 4. The summed E-state index contributed by atoms with van der Waals surface area (Å²) in [5.74, 6) is -0.595. The Morgan fingerprint density at radius 2 is 0.764 bits per heavy atom. The Morgan fingerprint density at radius 3 is 1.15 bits per heavy atom. The molecule has 0 aromatic carbocycles. The molecule has 0 fully saturated rings. The minimum Gasteiger partial charge on any atom is -0.394 e. The van der Waals surface area contributed by atoms with E-state index in [-0.39, 0.29) is 0 Å². The molecule has 0 saturated carbocycles. The van der Waals surface area contributed by atoms with Gasteiger partial charge in [-0.3, -0.25) is 4.79 Å². The zero-order valence-electron chi connectivity index (χ0n) is 36.7. The lowest BCUT2D eigenvalue weighted by molar-refractivity contribution is -0.132. The summed E-state index contributed by atoms with van der Waals surface area (Å²) in [5, 5.41) is 43.7. The molecule has 0 aliphatic rings. The second-order valence-electron chi connectivity index (χ2n) is 16.8. The van der Waals surface area contributed by atoms with Crippen LogP contribution in [0.25, 0.3) is 0 Å². The number of aliphatic hydroxyl groups is 4. The minimum absolute atomic E-state index is 0.364. The fourth-order valence-corrected chi connectivity index (χ4v) is 7.54. The molecule has 0 aromatic heterocycles. The number of carbonyl (C=O) groups excluding carboxylic acids is 1. The zero-order chi connectivity index (χ0) is 40.3. The first-order chi connectivity index (χ1) is 27.0. The standard InChI is InChI=1S/C49H95NO5/c1-3-5-7-9-11-13-15-17-18-19-20-21-22-23-24-25-26-27-28-29-31-33-35-37-39-41-43-47(53)49(55)50-45(44-51)48(54)46(52)42-40-38-36-34-32-30-16-14-12-10-8-6-4-2/h14,16,34,36,45-48,51-54H,3-13,15,17-33,35,37-44H2,1-2H3,(H,50,55)/b16-14+,36-34+. The van der Waals surface area contributed by atoms with E-state index in [2.05, 4.69) is 43.5 Å². The van der Waals surface area contributed by atoms with Crippen LogP contribution in [0.15, 0.2) is 24.3 Å². The van der Waals surface area contributed by atoms with Crippen molar-refractivity contribution < 1.29 is 25.2 Å². The maximum Gasteiger partial charge on any atom is 0.249 e. The van der Waals surface area contributed by atoms with E-state index in [9.17, 15) is 25.2 Å². The first-order valence-corrected chi connectivity index (χ1v) is 24.2. The summed E-state index contributed by atoms with van der Waals surface area (Å²) in [4.78, 5) is 12.5. The fraction of sp³-hybridized carbons (Fsp3) is 0.898. The molecule has 0 spiro atoms. The molecule has 1 amide bonds. The van der Waals surface area contributed by atoms with Crippen molar-refractivity contribution in [3.05, 3.63) is 24.3 Å². The van der Waals surface area contributed by atoms with Gasteiger partial charge in [-0.1, -0.05) is 224 Å². The largest absolute Gasteiger partial charge is 0.394 e. The number of unbranched alkanes of at least 4 members (excludes halogenated alkanes) is 31. The van der Waals surface area contributed by atoms with E-state index < -0.39 is 36.9 Å². The average molecular weight is 778 g/mol. The highest BCUT2D eigenvalue weighted by atomic mass is 16.3. The van der Waals surface area contributed by atoms with Gasteiger partial charge in [0.05, 0.1) is 18.8 Å². The van der Waals surface area contributed by atoms with Crippen LogP contribution >= 0.6 is 0 Å². The third kappa shape index (κ3) is 38.1. The third-order valence-corrected chi connectivity index (χ3v) is 11.4. The normalized spacial score (nSPS) is 14.2. The summed E-state index contributed by atoms with van der Waals surface area (Å²) >= 11 is 0. The van der Waals surface area contributed by atoms with Crippen LogP contribution < -0.4 is 5.32 Å². The van der Waals surface area contributed by atoms with E-state index >= 15 is 0 Å². The Morgan fingerprint density at radius 1 is 0.436 bits per heavy atom. The van der Waals surface area contributed by atoms with Gasteiger partial charge in [0.1, 0.15) is 12.2 Å². The maximum absolute atomic E-state index is 12.5. The topological polar surface area (TPSA) is 110 Å². The molecule has 55 heavy (non-hydrogen) atoms. The smallest absolute Gasteiger partial charge is 0.249 e. The molecule has 0 aliphatic carbocycles. The van der Waals surface area contributed by atoms with Gasteiger partial charge in [-0.15, -0.1) is 0 Å².